The Labute approximate surface area is 222 Å². The molecule has 2 N–H and O–H groups in total. The number of hydrogen-bond acceptors (Lipinski definition) is 11. The first-order valence-electron chi connectivity index (χ1n) is 12.9. The van der Waals surface area contributed by atoms with Crippen molar-refractivity contribution >= 4 is 35.3 Å². The van der Waals surface area contributed by atoms with Crippen LogP contribution in [0, 0.1) is 6.92 Å². The summed E-state index contributed by atoms with van der Waals surface area (Å²) < 4.78 is 8.03. The lowest BCUT2D eigenvalue weighted by molar-refractivity contribution is 0.122. The standard InChI is InChI=1S/C26H33N9OS/c1-18-15-20(37-34-9-7-32(2)8-10-34)3-4-22(18)35-6-5-21-23(19-16-28-25(27)29-17-19)30-26(31-24(21)35)33-11-13-36-14-12-33/h3-4,15-17H,5-14H2,1-2H3,(H2,27,28,29). The molecule has 0 amide bonds. The van der Waals surface area contributed by atoms with Gasteiger partial charge in [-0.1, -0.05) is 0 Å². The molecule has 0 aliphatic carbocycles. The molecule has 6 rings (SSSR count). The molecule has 11 heteroatoms. The first-order valence-corrected chi connectivity index (χ1v) is 13.6. The average molecular weight is 520 g/mol. The highest BCUT2D eigenvalue weighted by atomic mass is 32.2. The van der Waals surface area contributed by atoms with Crippen LogP contribution < -0.4 is 15.5 Å². The lowest BCUT2D eigenvalue weighted by atomic mass is 10.1. The largest absolute Gasteiger partial charge is 0.378 e. The first-order chi connectivity index (χ1) is 18.0. The summed E-state index contributed by atoms with van der Waals surface area (Å²) in [6, 6.07) is 6.78. The summed E-state index contributed by atoms with van der Waals surface area (Å²) in [5.74, 6) is 1.95. The van der Waals surface area contributed by atoms with E-state index >= 15 is 0 Å². The van der Waals surface area contributed by atoms with Gasteiger partial charge in [0, 0.05) is 79.9 Å². The Balaban J connectivity index is 1.33. The molecule has 37 heavy (non-hydrogen) atoms. The summed E-state index contributed by atoms with van der Waals surface area (Å²) >= 11 is 1.86. The van der Waals surface area contributed by atoms with Gasteiger partial charge in [0.25, 0.3) is 0 Å². The molecule has 0 radical (unpaired) electrons. The van der Waals surface area contributed by atoms with E-state index in [1.807, 2.05) is 11.9 Å². The van der Waals surface area contributed by atoms with Gasteiger partial charge in [-0.2, -0.15) is 4.98 Å². The molecule has 194 valence electrons. The quantitative estimate of drug-likeness (QED) is 0.504. The van der Waals surface area contributed by atoms with Crippen LogP contribution in [0.2, 0.25) is 0 Å². The molecule has 10 nitrogen and oxygen atoms in total. The molecule has 3 aliphatic rings. The fraction of sp³-hybridized carbons (Fsp3) is 0.462. The first kappa shape index (κ1) is 24.4. The number of nitrogens with two attached hydrogens (primary N) is 1. The van der Waals surface area contributed by atoms with Gasteiger partial charge >= 0.3 is 0 Å². The van der Waals surface area contributed by atoms with E-state index < -0.39 is 0 Å². The lowest BCUT2D eigenvalue weighted by Crippen LogP contribution is -2.40. The van der Waals surface area contributed by atoms with Crippen molar-refractivity contribution < 1.29 is 4.74 Å². The lowest BCUT2D eigenvalue weighted by Gasteiger charge is -2.31. The van der Waals surface area contributed by atoms with Crippen molar-refractivity contribution in [3.63, 3.8) is 0 Å². The average Bonchev–Trinajstić information content (AvgIpc) is 3.34. The molecule has 2 saturated heterocycles. The van der Waals surface area contributed by atoms with E-state index in [4.69, 9.17) is 20.4 Å². The summed E-state index contributed by atoms with van der Waals surface area (Å²) in [4.78, 5) is 26.8. The number of morpholine rings is 1. The minimum Gasteiger partial charge on any atom is -0.378 e. The van der Waals surface area contributed by atoms with Gasteiger partial charge in [-0.15, -0.1) is 0 Å². The minimum absolute atomic E-state index is 0.259. The highest BCUT2D eigenvalue weighted by Gasteiger charge is 2.30. The second kappa shape index (κ2) is 10.4. The van der Waals surface area contributed by atoms with E-state index in [0.717, 1.165) is 80.8 Å². The Morgan fingerprint density at radius 2 is 1.70 bits per heavy atom. The smallest absolute Gasteiger partial charge is 0.228 e. The third-order valence-corrected chi connectivity index (χ3v) is 8.30. The number of fused-ring (bicyclic) bond motifs is 1. The third-order valence-electron chi connectivity index (χ3n) is 7.21. The van der Waals surface area contributed by atoms with Gasteiger partial charge in [0.05, 0.1) is 18.9 Å². The summed E-state index contributed by atoms with van der Waals surface area (Å²) in [7, 11) is 2.19. The second-order valence-corrected chi connectivity index (χ2v) is 10.9. The van der Waals surface area contributed by atoms with Crippen LogP contribution in [0.3, 0.4) is 0 Å². The number of aromatic nitrogens is 4. The number of nitrogen functional groups attached to an aromatic ring is 1. The van der Waals surface area contributed by atoms with E-state index in [1.165, 1.54) is 16.1 Å². The van der Waals surface area contributed by atoms with E-state index in [2.05, 4.69) is 61.1 Å². The monoisotopic (exact) mass is 519 g/mol. The van der Waals surface area contributed by atoms with E-state index in [9.17, 15) is 0 Å². The summed E-state index contributed by atoms with van der Waals surface area (Å²) in [6.45, 7) is 10.3. The topological polar surface area (TPSA) is 99.8 Å². The molecule has 0 bridgehead atoms. The SMILES string of the molecule is Cc1cc(SN2CCN(C)CC2)ccc1N1CCc2c(-c3cnc(N)nc3)nc(N3CCOCC3)nc21. The number of ether oxygens (including phenoxy) is 1. The predicted octanol–water partition coefficient (Wildman–Crippen LogP) is 2.61. The van der Waals surface area contributed by atoms with Crippen molar-refractivity contribution in [3.05, 3.63) is 41.7 Å². The van der Waals surface area contributed by atoms with Crippen molar-refractivity contribution in [1.82, 2.24) is 29.1 Å². The van der Waals surface area contributed by atoms with Gasteiger partial charge in [0.2, 0.25) is 11.9 Å². The van der Waals surface area contributed by atoms with Crippen LogP contribution in [0.1, 0.15) is 11.1 Å². The molecule has 0 unspecified atom stereocenters. The molecule has 0 saturated carbocycles. The third kappa shape index (κ3) is 5.08. The van der Waals surface area contributed by atoms with Gasteiger partial charge in [0.15, 0.2) is 0 Å². The molecule has 5 heterocycles. The number of likely N-dealkylation sites (N-methyl/N-ethyl adjacent to an activating group) is 1. The van der Waals surface area contributed by atoms with Crippen molar-refractivity contribution in [1.29, 1.82) is 0 Å². The van der Waals surface area contributed by atoms with Crippen molar-refractivity contribution in [2.75, 3.05) is 81.6 Å². The maximum absolute atomic E-state index is 5.76. The van der Waals surface area contributed by atoms with Crippen LogP contribution in [-0.2, 0) is 11.2 Å². The Bertz CT molecular complexity index is 1260. The number of nitrogens with zero attached hydrogens (tertiary/aromatic N) is 8. The predicted molar refractivity (Wildman–Crippen MR) is 147 cm³/mol. The Kier molecular flexibility index (Phi) is 6.85. The number of hydrogen-bond donors (Lipinski definition) is 1. The van der Waals surface area contributed by atoms with Crippen LogP contribution >= 0.6 is 11.9 Å². The Morgan fingerprint density at radius 3 is 2.43 bits per heavy atom. The van der Waals surface area contributed by atoms with Crippen molar-refractivity contribution in [2.45, 2.75) is 18.2 Å². The Morgan fingerprint density at radius 1 is 0.946 bits per heavy atom. The number of benzene rings is 1. The van der Waals surface area contributed by atoms with E-state index in [-0.39, 0.29) is 5.95 Å². The molecule has 2 aromatic heterocycles. The number of anilines is 4. The molecule has 0 spiro atoms. The zero-order chi connectivity index (χ0) is 25.4. The van der Waals surface area contributed by atoms with Crippen LogP contribution in [0.5, 0.6) is 0 Å². The van der Waals surface area contributed by atoms with Crippen LogP contribution in [0.15, 0.2) is 35.5 Å². The van der Waals surface area contributed by atoms with Gasteiger partial charge in [0.1, 0.15) is 5.82 Å². The molecular formula is C26H33N9OS. The normalized spacial score (nSPS) is 18.9. The molecular weight excluding hydrogens is 486 g/mol. The highest BCUT2D eigenvalue weighted by molar-refractivity contribution is 7.97. The van der Waals surface area contributed by atoms with Gasteiger partial charge in [-0.3, -0.25) is 0 Å². The molecule has 2 fully saturated rings. The van der Waals surface area contributed by atoms with Gasteiger partial charge in [-0.05, 0) is 56.1 Å². The number of piperazine rings is 1. The fourth-order valence-electron chi connectivity index (χ4n) is 5.10. The number of rotatable bonds is 5. The maximum Gasteiger partial charge on any atom is 0.228 e. The highest BCUT2D eigenvalue weighted by Crippen LogP contribution is 2.41. The Hall–Kier alpha value is -2.99. The zero-order valence-electron chi connectivity index (χ0n) is 21.4. The molecule has 0 atom stereocenters. The van der Waals surface area contributed by atoms with E-state index in [0.29, 0.717) is 13.2 Å². The summed E-state index contributed by atoms with van der Waals surface area (Å²) in [5, 5.41) is 0. The van der Waals surface area contributed by atoms with Gasteiger partial charge in [-0.25, -0.2) is 19.3 Å². The van der Waals surface area contributed by atoms with Crippen LogP contribution in [-0.4, -0.2) is 95.2 Å². The zero-order valence-corrected chi connectivity index (χ0v) is 22.2. The van der Waals surface area contributed by atoms with E-state index in [1.54, 1.807) is 12.4 Å². The fourth-order valence-corrected chi connectivity index (χ4v) is 6.10. The molecule has 3 aromatic rings. The van der Waals surface area contributed by atoms with Crippen LogP contribution in [0.25, 0.3) is 11.3 Å². The summed E-state index contributed by atoms with van der Waals surface area (Å²) in [5.41, 5.74) is 11.1. The molecule has 3 aliphatic heterocycles. The minimum atomic E-state index is 0.259. The second-order valence-electron chi connectivity index (χ2n) is 9.78. The maximum atomic E-state index is 5.76. The van der Waals surface area contributed by atoms with Crippen molar-refractivity contribution in [2.24, 2.45) is 0 Å². The number of aryl methyl sites for hydroxylation is 1. The van der Waals surface area contributed by atoms with Gasteiger partial charge < -0.3 is 25.2 Å². The van der Waals surface area contributed by atoms with Crippen molar-refractivity contribution in [3.8, 4) is 11.3 Å². The molecule has 1 aromatic carbocycles. The summed E-state index contributed by atoms with van der Waals surface area (Å²) in [6.07, 6.45) is 4.37. The van der Waals surface area contributed by atoms with Crippen LogP contribution in [0.4, 0.5) is 23.4 Å².